The molecule has 0 fully saturated rings. The average Bonchev–Trinajstić information content (AvgIpc) is 2.70. The van der Waals surface area contributed by atoms with Gasteiger partial charge in [-0.2, -0.15) is 10.2 Å². The Balaban J connectivity index is 0.000000218. The van der Waals surface area contributed by atoms with E-state index >= 15 is 0 Å². The SMILES string of the molecule is CC(C)c1ccnc(N)c1.CC(C)c1ccnnc1.CC(C)c1cnc(N)nc1. The molecule has 0 saturated heterocycles. The Hall–Kier alpha value is -3.09. The van der Waals surface area contributed by atoms with Crippen molar-refractivity contribution < 1.29 is 0 Å². The number of pyridine rings is 1. The fourth-order valence-corrected chi connectivity index (χ4v) is 2.11. The largest absolute Gasteiger partial charge is 0.384 e. The molecule has 0 aliphatic rings. The molecule has 0 spiro atoms. The second-order valence-electron chi connectivity index (χ2n) is 7.53. The highest BCUT2D eigenvalue weighted by Crippen LogP contribution is 2.14. The van der Waals surface area contributed by atoms with Crippen LogP contribution in [0, 0.1) is 0 Å². The maximum atomic E-state index is 5.49. The van der Waals surface area contributed by atoms with Gasteiger partial charge in [0.05, 0.1) is 6.20 Å². The number of anilines is 2. The van der Waals surface area contributed by atoms with Crippen molar-refractivity contribution in [1.29, 1.82) is 0 Å². The second-order valence-corrected chi connectivity index (χ2v) is 7.53. The molecule has 0 aliphatic heterocycles. The average molecular weight is 396 g/mol. The Morgan fingerprint density at radius 1 is 0.621 bits per heavy atom. The predicted octanol–water partition coefficient (Wildman–Crippen LogP) is 4.57. The van der Waals surface area contributed by atoms with Crippen molar-refractivity contribution in [3.05, 3.63) is 65.9 Å². The molecule has 29 heavy (non-hydrogen) atoms. The summed E-state index contributed by atoms with van der Waals surface area (Å²) in [5.41, 5.74) is 14.4. The lowest BCUT2D eigenvalue weighted by atomic mass is 10.1. The summed E-state index contributed by atoms with van der Waals surface area (Å²) < 4.78 is 0. The molecule has 0 unspecified atom stereocenters. The molecule has 4 N–H and O–H groups in total. The van der Waals surface area contributed by atoms with Crippen molar-refractivity contribution in [2.45, 2.75) is 59.3 Å². The first-order chi connectivity index (χ1) is 13.7. The lowest BCUT2D eigenvalue weighted by Gasteiger charge is -2.03. The summed E-state index contributed by atoms with van der Waals surface area (Å²) in [5.74, 6) is 2.50. The maximum absolute atomic E-state index is 5.49. The zero-order chi connectivity index (χ0) is 21.8. The van der Waals surface area contributed by atoms with Crippen LogP contribution < -0.4 is 11.5 Å². The van der Waals surface area contributed by atoms with E-state index in [1.807, 2.05) is 18.2 Å². The van der Waals surface area contributed by atoms with Crippen LogP contribution in [0.4, 0.5) is 11.8 Å². The third kappa shape index (κ3) is 9.60. The second kappa shape index (κ2) is 12.4. The van der Waals surface area contributed by atoms with Crippen LogP contribution in [0.1, 0.15) is 76.0 Å². The lowest BCUT2D eigenvalue weighted by molar-refractivity contribution is 0.841. The zero-order valence-corrected chi connectivity index (χ0v) is 18.2. The minimum Gasteiger partial charge on any atom is -0.384 e. The van der Waals surface area contributed by atoms with Crippen molar-refractivity contribution >= 4 is 11.8 Å². The number of aromatic nitrogens is 5. The van der Waals surface area contributed by atoms with Crippen LogP contribution in [-0.2, 0) is 0 Å². The standard InChI is InChI=1S/C8H12N2.C7H11N3.C7H10N2/c1-6(2)7-3-4-10-8(9)5-7;1-5(2)6-3-9-7(8)10-4-6;1-6(2)7-3-4-8-9-5-7/h3-6H,1-2H3,(H2,9,10);3-5H,1-2H3,(H2,8,9,10);3-6H,1-2H3. The summed E-state index contributed by atoms with van der Waals surface area (Å²) in [6.45, 7) is 12.7. The van der Waals surface area contributed by atoms with Gasteiger partial charge in [-0.15, -0.1) is 0 Å². The third-order valence-electron chi connectivity index (χ3n) is 4.10. The Labute approximate surface area is 174 Å². The molecule has 156 valence electrons. The predicted molar refractivity (Wildman–Crippen MR) is 119 cm³/mol. The normalized spacial score (nSPS) is 10.2. The topological polar surface area (TPSA) is 116 Å². The van der Waals surface area contributed by atoms with Crippen LogP contribution in [0.5, 0.6) is 0 Å². The first-order valence-corrected chi connectivity index (χ1v) is 9.76. The quantitative estimate of drug-likeness (QED) is 0.667. The molecule has 0 aromatic carbocycles. The smallest absolute Gasteiger partial charge is 0.219 e. The van der Waals surface area contributed by atoms with E-state index in [1.165, 1.54) is 11.1 Å². The molecule has 0 amide bonds. The number of hydrogen-bond donors (Lipinski definition) is 2. The first-order valence-electron chi connectivity index (χ1n) is 9.76. The molecule has 0 bridgehead atoms. The summed E-state index contributed by atoms with van der Waals surface area (Å²) in [6, 6.07) is 5.88. The Morgan fingerprint density at radius 3 is 1.55 bits per heavy atom. The molecule has 3 heterocycles. The fourth-order valence-electron chi connectivity index (χ4n) is 2.11. The maximum Gasteiger partial charge on any atom is 0.219 e. The van der Waals surface area contributed by atoms with E-state index in [1.54, 1.807) is 31.0 Å². The van der Waals surface area contributed by atoms with Gasteiger partial charge in [0.25, 0.3) is 0 Å². The highest BCUT2D eigenvalue weighted by Gasteiger charge is 1.98. The minimum atomic E-state index is 0.337. The van der Waals surface area contributed by atoms with E-state index in [4.69, 9.17) is 11.5 Å². The van der Waals surface area contributed by atoms with Crippen LogP contribution in [0.25, 0.3) is 0 Å². The van der Waals surface area contributed by atoms with Gasteiger partial charge in [0, 0.05) is 24.8 Å². The molecular formula is C22H33N7. The van der Waals surface area contributed by atoms with Gasteiger partial charge in [0.15, 0.2) is 0 Å². The molecule has 7 nitrogen and oxygen atoms in total. The number of nitrogen functional groups attached to an aromatic ring is 2. The Kier molecular flexibility index (Phi) is 10.2. The van der Waals surface area contributed by atoms with E-state index in [-0.39, 0.29) is 0 Å². The summed E-state index contributed by atoms with van der Waals surface area (Å²) in [5, 5.41) is 7.43. The van der Waals surface area contributed by atoms with Crippen molar-refractivity contribution in [2.24, 2.45) is 0 Å². The van der Waals surface area contributed by atoms with E-state index in [0.717, 1.165) is 5.56 Å². The summed E-state index contributed by atoms with van der Waals surface area (Å²) in [4.78, 5) is 11.6. The van der Waals surface area contributed by atoms with Crippen LogP contribution in [0.15, 0.2) is 49.2 Å². The highest BCUT2D eigenvalue weighted by atomic mass is 15.1. The molecule has 0 atom stereocenters. The monoisotopic (exact) mass is 395 g/mol. The lowest BCUT2D eigenvalue weighted by Crippen LogP contribution is -1.96. The van der Waals surface area contributed by atoms with Crippen LogP contribution in [-0.4, -0.2) is 25.1 Å². The number of nitrogens with zero attached hydrogens (tertiary/aromatic N) is 5. The summed E-state index contributed by atoms with van der Waals surface area (Å²) in [6.07, 6.45) is 8.77. The van der Waals surface area contributed by atoms with Crippen molar-refractivity contribution in [3.8, 4) is 0 Å². The number of rotatable bonds is 3. The van der Waals surface area contributed by atoms with E-state index in [9.17, 15) is 0 Å². The number of hydrogen-bond acceptors (Lipinski definition) is 7. The molecular weight excluding hydrogens is 362 g/mol. The van der Waals surface area contributed by atoms with Gasteiger partial charge in [0.1, 0.15) is 5.82 Å². The van der Waals surface area contributed by atoms with Gasteiger partial charge in [0.2, 0.25) is 5.95 Å². The van der Waals surface area contributed by atoms with Gasteiger partial charge < -0.3 is 11.5 Å². The van der Waals surface area contributed by atoms with Crippen LogP contribution in [0.3, 0.4) is 0 Å². The molecule has 0 saturated carbocycles. The van der Waals surface area contributed by atoms with Gasteiger partial charge in [-0.1, -0.05) is 41.5 Å². The molecule has 7 heteroatoms. The molecule has 3 aromatic heterocycles. The van der Waals surface area contributed by atoms with E-state index < -0.39 is 0 Å². The van der Waals surface area contributed by atoms with Gasteiger partial charge >= 0.3 is 0 Å². The van der Waals surface area contributed by atoms with E-state index in [0.29, 0.717) is 29.5 Å². The zero-order valence-electron chi connectivity index (χ0n) is 18.2. The first kappa shape index (κ1) is 23.9. The van der Waals surface area contributed by atoms with Gasteiger partial charge in [-0.25, -0.2) is 15.0 Å². The highest BCUT2D eigenvalue weighted by molar-refractivity contribution is 5.33. The minimum absolute atomic E-state index is 0.337. The Morgan fingerprint density at radius 2 is 1.17 bits per heavy atom. The van der Waals surface area contributed by atoms with Crippen LogP contribution >= 0.6 is 0 Å². The molecule has 0 radical (unpaired) electrons. The fraction of sp³-hybridized carbons (Fsp3) is 0.409. The third-order valence-corrected chi connectivity index (χ3v) is 4.10. The van der Waals surface area contributed by atoms with Crippen molar-refractivity contribution in [3.63, 3.8) is 0 Å². The van der Waals surface area contributed by atoms with E-state index in [2.05, 4.69) is 66.7 Å². The number of nitrogens with two attached hydrogens (primary N) is 2. The summed E-state index contributed by atoms with van der Waals surface area (Å²) >= 11 is 0. The molecule has 0 aliphatic carbocycles. The van der Waals surface area contributed by atoms with Crippen LogP contribution in [0.2, 0.25) is 0 Å². The molecule has 3 rings (SSSR count). The van der Waals surface area contributed by atoms with Crippen molar-refractivity contribution in [1.82, 2.24) is 25.1 Å². The summed E-state index contributed by atoms with van der Waals surface area (Å²) in [7, 11) is 0. The molecule has 3 aromatic rings. The van der Waals surface area contributed by atoms with Crippen molar-refractivity contribution in [2.75, 3.05) is 11.5 Å². The van der Waals surface area contributed by atoms with Gasteiger partial charge in [-0.3, -0.25) is 0 Å². The Bertz CT molecular complexity index is 816. The van der Waals surface area contributed by atoms with Gasteiger partial charge in [-0.05, 0) is 52.6 Å².